The normalized spacial score (nSPS) is 12.9. The van der Waals surface area contributed by atoms with Gasteiger partial charge in [0.2, 0.25) is 0 Å². The van der Waals surface area contributed by atoms with Gasteiger partial charge in [-0.05, 0) is 26.0 Å². The van der Waals surface area contributed by atoms with Crippen molar-refractivity contribution in [3.8, 4) is 10.4 Å². The molecule has 0 radical (unpaired) electrons. The van der Waals surface area contributed by atoms with Crippen molar-refractivity contribution >= 4 is 17.0 Å². The molecular weight excluding hydrogens is 204 g/mol. The summed E-state index contributed by atoms with van der Waals surface area (Å²) in [6.07, 6.45) is 0. The number of rotatable bonds is 0. The molecular formula is C12H12N2S. The molecule has 0 amide bonds. The van der Waals surface area contributed by atoms with Crippen LogP contribution in [0.1, 0.15) is 16.3 Å². The zero-order valence-electron chi connectivity index (χ0n) is 8.79. The smallest absolute Gasteiger partial charge is 0.0904 e. The monoisotopic (exact) mass is 216 g/mol. The van der Waals surface area contributed by atoms with Gasteiger partial charge in [-0.1, -0.05) is 11.6 Å². The standard InChI is InChI=1S/C12H12N2S/c1-7-3-4-10-9(5-7)12-11(6-13-10)14-8(2)15-12/h3-5,13H,6H2,1-2H3. The second-order valence-electron chi connectivity index (χ2n) is 3.91. The lowest BCUT2D eigenvalue weighted by Gasteiger charge is -2.17. The summed E-state index contributed by atoms with van der Waals surface area (Å²) in [5.74, 6) is 0. The second kappa shape index (κ2) is 3.07. The van der Waals surface area contributed by atoms with Gasteiger partial charge in [0.1, 0.15) is 0 Å². The van der Waals surface area contributed by atoms with Gasteiger partial charge in [0.15, 0.2) is 0 Å². The predicted octanol–water partition coefficient (Wildman–Crippen LogP) is 3.35. The van der Waals surface area contributed by atoms with Crippen LogP contribution in [0.25, 0.3) is 10.4 Å². The minimum atomic E-state index is 0.857. The number of anilines is 1. The number of benzene rings is 1. The zero-order chi connectivity index (χ0) is 10.4. The third kappa shape index (κ3) is 1.35. The second-order valence-corrected chi connectivity index (χ2v) is 5.11. The molecule has 1 aliphatic rings. The van der Waals surface area contributed by atoms with Gasteiger partial charge in [-0.25, -0.2) is 4.98 Å². The van der Waals surface area contributed by atoms with Crippen LogP contribution < -0.4 is 5.32 Å². The number of aromatic nitrogens is 1. The summed E-state index contributed by atoms with van der Waals surface area (Å²) in [5.41, 5.74) is 5.03. The van der Waals surface area contributed by atoms with Gasteiger partial charge in [0, 0.05) is 11.3 Å². The van der Waals surface area contributed by atoms with E-state index in [-0.39, 0.29) is 0 Å². The Hall–Kier alpha value is -1.35. The Kier molecular flexibility index (Phi) is 1.83. The highest BCUT2D eigenvalue weighted by molar-refractivity contribution is 7.15. The Balaban J connectivity index is 2.27. The van der Waals surface area contributed by atoms with Crippen LogP contribution in [0.4, 0.5) is 5.69 Å². The summed E-state index contributed by atoms with van der Waals surface area (Å²) in [6.45, 7) is 5.05. The van der Waals surface area contributed by atoms with Gasteiger partial charge >= 0.3 is 0 Å². The van der Waals surface area contributed by atoms with Crippen LogP contribution >= 0.6 is 11.3 Å². The number of thiazole rings is 1. The number of nitrogens with zero attached hydrogens (tertiary/aromatic N) is 1. The van der Waals surface area contributed by atoms with Crippen LogP contribution in [0.2, 0.25) is 0 Å². The maximum absolute atomic E-state index is 4.54. The molecule has 3 heteroatoms. The third-order valence-corrected chi connectivity index (χ3v) is 3.72. The average molecular weight is 216 g/mol. The van der Waals surface area contributed by atoms with E-state index in [2.05, 4.69) is 42.3 Å². The fourth-order valence-electron chi connectivity index (χ4n) is 1.98. The average Bonchev–Trinajstić information content (AvgIpc) is 2.58. The van der Waals surface area contributed by atoms with Gasteiger partial charge in [-0.2, -0.15) is 0 Å². The predicted molar refractivity (Wildman–Crippen MR) is 64.4 cm³/mol. The van der Waals surface area contributed by atoms with Crippen molar-refractivity contribution in [1.82, 2.24) is 4.98 Å². The molecule has 2 heterocycles. The first-order valence-corrected chi connectivity index (χ1v) is 5.87. The highest BCUT2D eigenvalue weighted by Gasteiger charge is 2.18. The molecule has 0 saturated carbocycles. The summed E-state index contributed by atoms with van der Waals surface area (Å²) in [5, 5.41) is 4.55. The highest BCUT2D eigenvalue weighted by atomic mass is 32.1. The topological polar surface area (TPSA) is 24.9 Å². The van der Waals surface area contributed by atoms with Gasteiger partial charge in [-0.15, -0.1) is 11.3 Å². The van der Waals surface area contributed by atoms with E-state index in [0.29, 0.717) is 0 Å². The van der Waals surface area contributed by atoms with Crippen molar-refractivity contribution in [2.45, 2.75) is 20.4 Å². The van der Waals surface area contributed by atoms with Crippen molar-refractivity contribution in [1.29, 1.82) is 0 Å². The first-order chi connectivity index (χ1) is 7.24. The van der Waals surface area contributed by atoms with Crippen LogP contribution in [0, 0.1) is 13.8 Å². The molecule has 0 unspecified atom stereocenters. The van der Waals surface area contributed by atoms with Gasteiger partial charge in [-0.3, -0.25) is 0 Å². The van der Waals surface area contributed by atoms with E-state index in [1.165, 1.54) is 27.4 Å². The maximum atomic E-state index is 4.54. The minimum Gasteiger partial charge on any atom is -0.379 e. The van der Waals surface area contributed by atoms with Crippen LogP contribution in [0.3, 0.4) is 0 Å². The lowest BCUT2D eigenvalue weighted by Crippen LogP contribution is -2.07. The Labute approximate surface area is 93.0 Å². The summed E-state index contributed by atoms with van der Waals surface area (Å²) < 4.78 is 0. The number of aryl methyl sites for hydroxylation is 2. The van der Waals surface area contributed by atoms with Gasteiger partial charge in [0.25, 0.3) is 0 Å². The van der Waals surface area contributed by atoms with Crippen molar-refractivity contribution in [2.24, 2.45) is 0 Å². The molecule has 1 aliphatic heterocycles. The Morgan fingerprint density at radius 3 is 3.07 bits per heavy atom. The van der Waals surface area contributed by atoms with Crippen LogP contribution in [-0.2, 0) is 6.54 Å². The van der Waals surface area contributed by atoms with E-state index in [0.717, 1.165) is 11.6 Å². The van der Waals surface area contributed by atoms with E-state index in [1.807, 2.05) is 0 Å². The van der Waals surface area contributed by atoms with Crippen molar-refractivity contribution in [3.63, 3.8) is 0 Å². The lowest BCUT2D eigenvalue weighted by molar-refractivity contribution is 1.04. The number of nitrogens with one attached hydrogen (secondary N) is 1. The SMILES string of the molecule is Cc1ccc2c(c1)-c1sc(C)nc1CN2. The lowest BCUT2D eigenvalue weighted by atomic mass is 10.0. The molecule has 1 N–H and O–H groups in total. The third-order valence-electron chi connectivity index (χ3n) is 2.67. The molecule has 0 spiro atoms. The molecule has 2 aromatic rings. The molecule has 0 bridgehead atoms. The van der Waals surface area contributed by atoms with Crippen LogP contribution in [0.15, 0.2) is 18.2 Å². The van der Waals surface area contributed by atoms with E-state index >= 15 is 0 Å². The molecule has 76 valence electrons. The molecule has 15 heavy (non-hydrogen) atoms. The van der Waals surface area contributed by atoms with Crippen molar-refractivity contribution in [3.05, 3.63) is 34.5 Å². The maximum Gasteiger partial charge on any atom is 0.0904 e. The molecule has 0 aliphatic carbocycles. The summed E-state index contributed by atoms with van der Waals surface area (Å²) in [4.78, 5) is 5.87. The van der Waals surface area contributed by atoms with Crippen molar-refractivity contribution in [2.75, 3.05) is 5.32 Å². The summed E-state index contributed by atoms with van der Waals surface area (Å²) in [6, 6.07) is 6.53. The molecule has 0 saturated heterocycles. The first-order valence-electron chi connectivity index (χ1n) is 5.05. The Morgan fingerprint density at radius 2 is 2.20 bits per heavy atom. The van der Waals surface area contributed by atoms with Crippen molar-refractivity contribution < 1.29 is 0 Å². The zero-order valence-corrected chi connectivity index (χ0v) is 9.61. The Morgan fingerprint density at radius 1 is 1.33 bits per heavy atom. The minimum absolute atomic E-state index is 0.857. The van der Waals surface area contributed by atoms with E-state index in [4.69, 9.17) is 0 Å². The molecule has 3 rings (SSSR count). The summed E-state index contributed by atoms with van der Waals surface area (Å²) >= 11 is 1.79. The molecule has 2 nitrogen and oxygen atoms in total. The summed E-state index contributed by atoms with van der Waals surface area (Å²) in [7, 11) is 0. The quantitative estimate of drug-likeness (QED) is 0.730. The fraction of sp³-hybridized carbons (Fsp3) is 0.250. The van der Waals surface area contributed by atoms with Crippen LogP contribution in [-0.4, -0.2) is 4.98 Å². The molecule has 1 aromatic carbocycles. The number of hydrogen-bond donors (Lipinski definition) is 1. The van der Waals surface area contributed by atoms with E-state index in [1.54, 1.807) is 11.3 Å². The van der Waals surface area contributed by atoms with Gasteiger partial charge in [0.05, 0.1) is 22.1 Å². The molecule has 0 atom stereocenters. The Bertz CT molecular complexity index is 528. The van der Waals surface area contributed by atoms with E-state index < -0.39 is 0 Å². The molecule has 1 aromatic heterocycles. The largest absolute Gasteiger partial charge is 0.379 e. The van der Waals surface area contributed by atoms with Gasteiger partial charge < -0.3 is 5.32 Å². The highest BCUT2D eigenvalue weighted by Crippen LogP contribution is 2.39. The fourth-order valence-corrected chi connectivity index (χ4v) is 2.95. The number of fused-ring (bicyclic) bond motifs is 3. The molecule has 0 fully saturated rings. The number of hydrogen-bond acceptors (Lipinski definition) is 3. The van der Waals surface area contributed by atoms with Crippen LogP contribution in [0.5, 0.6) is 0 Å². The van der Waals surface area contributed by atoms with E-state index in [9.17, 15) is 0 Å². The first kappa shape index (κ1) is 8.92.